The van der Waals surface area contributed by atoms with Gasteiger partial charge in [0.1, 0.15) is 0 Å². The maximum absolute atomic E-state index is 12.4. The SMILES string of the molecule is CCOC(=C=O)c1cc2cnnc(Nc3cc(C(=O)NC(C)C)ccc3C)n2c1C. The first-order valence-electron chi connectivity index (χ1n) is 9.76. The normalized spacial score (nSPS) is 10.7. The van der Waals surface area contributed by atoms with Crippen molar-refractivity contribution in [2.75, 3.05) is 11.9 Å². The number of anilines is 2. The fraction of sp³-hybridized carbons (Fsp3) is 0.318. The van der Waals surface area contributed by atoms with Crippen molar-refractivity contribution in [2.24, 2.45) is 0 Å². The van der Waals surface area contributed by atoms with Crippen LogP contribution in [0.3, 0.4) is 0 Å². The third-order valence-electron chi connectivity index (χ3n) is 4.62. The first kappa shape index (κ1) is 21.1. The van der Waals surface area contributed by atoms with E-state index in [4.69, 9.17) is 4.74 Å². The Morgan fingerprint density at radius 3 is 2.70 bits per heavy atom. The van der Waals surface area contributed by atoms with Crippen molar-refractivity contribution in [1.29, 1.82) is 0 Å². The quantitative estimate of drug-likeness (QED) is 0.460. The number of fused-ring (bicyclic) bond motifs is 1. The van der Waals surface area contributed by atoms with Crippen LogP contribution in [0, 0.1) is 13.8 Å². The van der Waals surface area contributed by atoms with Crippen LogP contribution in [-0.4, -0.2) is 39.1 Å². The van der Waals surface area contributed by atoms with Crippen LogP contribution >= 0.6 is 0 Å². The highest BCUT2D eigenvalue weighted by atomic mass is 16.5. The van der Waals surface area contributed by atoms with Gasteiger partial charge in [0.2, 0.25) is 11.7 Å². The van der Waals surface area contributed by atoms with Crippen molar-refractivity contribution in [3.05, 3.63) is 52.8 Å². The minimum Gasteiger partial charge on any atom is -0.483 e. The van der Waals surface area contributed by atoms with E-state index in [-0.39, 0.29) is 17.7 Å². The lowest BCUT2D eigenvalue weighted by Gasteiger charge is -2.14. The molecule has 3 aromatic rings. The fourth-order valence-corrected chi connectivity index (χ4v) is 3.18. The molecule has 2 heterocycles. The second-order valence-corrected chi connectivity index (χ2v) is 7.22. The highest BCUT2D eigenvalue weighted by molar-refractivity contribution is 5.95. The lowest BCUT2D eigenvalue weighted by Crippen LogP contribution is -2.30. The summed E-state index contributed by atoms with van der Waals surface area (Å²) >= 11 is 0. The number of aryl methyl sites for hydroxylation is 2. The Morgan fingerprint density at radius 2 is 2.03 bits per heavy atom. The van der Waals surface area contributed by atoms with Gasteiger partial charge in [-0.05, 0) is 58.4 Å². The molecule has 0 aliphatic rings. The van der Waals surface area contributed by atoms with Crippen molar-refractivity contribution in [3.8, 4) is 0 Å². The zero-order valence-corrected chi connectivity index (χ0v) is 17.7. The number of hydrogen-bond acceptors (Lipinski definition) is 6. The van der Waals surface area contributed by atoms with Crippen LogP contribution in [0.25, 0.3) is 11.3 Å². The minimum absolute atomic E-state index is 0.0428. The Hall–Kier alpha value is -3.64. The number of benzene rings is 1. The number of carbonyl (C=O) groups is 1. The Kier molecular flexibility index (Phi) is 6.18. The van der Waals surface area contributed by atoms with Crippen molar-refractivity contribution in [3.63, 3.8) is 0 Å². The van der Waals surface area contributed by atoms with Gasteiger partial charge in [0.25, 0.3) is 5.91 Å². The molecule has 8 heteroatoms. The molecule has 2 aromatic heterocycles. The first-order valence-corrected chi connectivity index (χ1v) is 9.76. The van der Waals surface area contributed by atoms with E-state index >= 15 is 0 Å². The number of nitrogens with zero attached hydrogens (tertiary/aromatic N) is 3. The monoisotopic (exact) mass is 407 g/mol. The van der Waals surface area contributed by atoms with E-state index in [0.717, 1.165) is 22.5 Å². The number of nitrogens with one attached hydrogen (secondary N) is 2. The summed E-state index contributed by atoms with van der Waals surface area (Å²) < 4.78 is 7.26. The number of rotatable bonds is 7. The van der Waals surface area contributed by atoms with Crippen molar-refractivity contribution in [2.45, 2.75) is 40.7 Å². The number of hydrogen-bond donors (Lipinski definition) is 2. The zero-order chi connectivity index (χ0) is 21.8. The molecular weight excluding hydrogens is 382 g/mol. The third kappa shape index (κ3) is 4.18. The van der Waals surface area contributed by atoms with Crippen LogP contribution < -0.4 is 10.6 Å². The van der Waals surface area contributed by atoms with E-state index in [1.165, 1.54) is 0 Å². The molecule has 2 N–H and O–H groups in total. The number of ether oxygens (including phenoxy) is 1. The molecule has 0 spiro atoms. The van der Waals surface area contributed by atoms with Gasteiger partial charge in [-0.2, -0.15) is 5.10 Å². The molecule has 0 fully saturated rings. The van der Waals surface area contributed by atoms with E-state index in [1.807, 2.05) is 57.1 Å². The summed E-state index contributed by atoms with van der Waals surface area (Å²) in [6.45, 7) is 9.81. The summed E-state index contributed by atoms with van der Waals surface area (Å²) in [5.41, 5.74) is 4.37. The maximum Gasteiger partial charge on any atom is 0.251 e. The molecule has 0 unspecified atom stereocenters. The van der Waals surface area contributed by atoms with Gasteiger partial charge in [0, 0.05) is 23.0 Å². The van der Waals surface area contributed by atoms with E-state index in [9.17, 15) is 9.59 Å². The third-order valence-corrected chi connectivity index (χ3v) is 4.62. The smallest absolute Gasteiger partial charge is 0.251 e. The van der Waals surface area contributed by atoms with Gasteiger partial charge in [0.05, 0.1) is 23.9 Å². The lowest BCUT2D eigenvalue weighted by molar-refractivity contribution is 0.0943. The molecule has 8 nitrogen and oxygen atoms in total. The maximum atomic E-state index is 12.4. The van der Waals surface area contributed by atoms with Gasteiger partial charge in [-0.25, -0.2) is 4.79 Å². The van der Waals surface area contributed by atoms with Crippen molar-refractivity contribution >= 4 is 34.8 Å². The highest BCUT2D eigenvalue weighted by Crippen LogP contribution is 2.27. The molecule has 156 valence electrons. The van der Waals surface area contributed by atoms with Gasteiger partial charge in [-0.1, -0.05) is 6.07 Å². The molecule has 0 bridgehead atoms. The molecule has 0 radical (unpaired) electrons. The molecule has 0 saturated carbocycles. The van der Waals surface area contributed by atoms with Crippen molar-refractivity contribution < 1.29 is 14.3 Å². The molecule has 3 rings (SSSR count). The summed E-state index contributed by atoms with van der Waals surface area (Å²) in [4.78, 5) is 23.7. The van der Waals surface area contributed by atoms with Crippen LogP contribution in [0.5, 0.6) is 0 Å². The Morgan fingerprint density at radius 1 is 1.27 bits per heavy atom. The average Bonchev–Trinajstić information content (AvgIpc) is 3.04. The Balaban J connectivity index is 2.03. The minimum atomic E-state index is -0.144. The molecule has 0 atom stereocenters. The summed E-state index contributed by atoms with van der Waals surface area (Å²) in [6, 6.07) is 7.30. The molecule has 0 aliphatic carbocycles. The Bertz CT molecular complexity index is 1140. The number of amides is 1. The second-order valence-electron chi connectivity index (χ2n) is 7.22. The van der Waals surface area contributed by atoms with Crippen LogP contribution in [0.15, 0.2) is 30.5 Å². The highest BCUT2D eigenvalue weighted by Gasteiger charge is 2.17. The van der Waals surface area contributed by atoms with E-state index in [0.29, 0.717) is 23.7 Å². The van der Waals surface area contributed by atoms with Gasteiger partial charge < -0.3 is 15.4 Å². The first-order chi connectivity index (χ1) is 14.3. The number of carbonyl (C=O) groups excluding carboxylic acids is 2. The summed E-state index contributed by atoms with van der Waals surface area (Å²) in [5, 5.41) is 14.4. The van der Waals surface area contributed by atoms with E-state index < -0.39 is 0 Å². The predicted molar refractivity (Wildman–Crippen MR) is 116 cm³/mol. The second kappa shape index (κ2) is 8.80. The van der Waals surface area contributed by atoms with Crippen LogP contribution in [0.2, 0.25) is 0 Å². The molecule has 0 aliphatic heterocycles. The topological polar surface area (TPSA) is 97.6 Å². The predicted octanol–water partition coefficient (Wildman–Crippen LogP) is 3.44. The summed E-state index contributed by atoms with van der Waals surface area (Å²) in [6.07, 6.45) is 1.61. The van der Waals surface area contributed by atoms with E-state index in [2.05, 4.69) is 20.8 Å². The van der Waals surface area contributed by atoms with E-state index in [1.54, 1.807) is 18.3 Å². The average molecular weight is 407 g/mol. The van der Waals surface area contributed by atoms with Gasteiger partial charge in [0.15, 0.2) is 5.94 Å². The summed E-state index contributed by atoms with van der Waals surface area (Å²) in [7, 11) is 0. The van der Waals surface area contributed by atoms with Gasteiger partial charge in [-0.3, -0.25) is 9.20 Å². The summed E-state index contributed by atoms with van der Waals surface area (Å²) in [5.74, 6) is 2.32. The molecule has 30 heavy (non-hydrogen) atoms. The Labute approximate surface area is 175 Å². The fourth-order valence-electron chi connectivity index (χ4n) is 3.18. The molecule has 1 aromatic carbocycles. The van der Waals surface area contributed by atoms with Crippen LogP contribution in [0.1, 0.15) is 48.0 Å². The lowest BCUT2D eigenvalue weighted by atomic mass is 10.1. The molecule has 1 amide bonds. The molecular formula is C22H25N5O3. The van der Waals surface area contributed by atoms with Gasteiger partial charge in [-0.15, -0.1) is 5.10 Å². The standard InChI is InChI=1S/C22H25N5O3/c1-6-30-20(12-28)18-10-17-11-23-26-22(27(17)15(18)5)25-19-9-16(8-7-14(19)4)21(29)24-13(2)3/h7-11,13H,6H2,1-5H3,(H,24,29)(H,25,26). The van der Waals surface area contributed by atoms with Gasteiger partial charge >= 0.3 is 0 Å². The number of aromatic nitrogens is 3. The largest absolute Gasteiger partial charge is 0.483 e. The van der Waals surface area contributed by atoms with Crippen molar-refractivity contribution in [1.82, 2.24) is 19.9 Å². The van der Waals surface area contributed by atoms with Crippen LogP contribution in [0.4, 0.5) is 11.6 Å². The molecule has 0 saturated heterocycles. The zero-order valence-electron chi connectivity index (χ0n) is 17.7. The van der Waals surface area contributed by atoms with Crippen LogP contribution in [-0.2, 0) is 9.53 Å².